The molecule has 0 spiro atoms. The lowest BCUT2D eigenvalue weighted by atomic mass is 10.1. The van der Waals surface area contributed by atoms with Gasteiger partial charge in [0.1, 0.15) is 18.6 Å². The van der Waals surface area contributed by atoms with Crippen molar-refractivity contribution in [2.75, 3.05) is 12.1 Å². The Morgan fingerprint density at radius 1 is 1.12 bits per heavy atom. The van der Waals surface area contributed by atoms with Crippen molar-refractivity contribution in [2.45, 2.75) is 20.5 Å². The summed E-state index contributed by atoms with van der Waals surface area (Å²) in [4.78, 5) is 23.1. The molecule has 2 aromatic carbocycles. The lowest BCUT2D eigenvalue weighted by Gasteiger charge is -2.20. The maximum atomic E-state index is 12.2. The van der Waals surface area contributed by atoms with E-state index < -0.39 is 0 Å². The zero-order valence-electron chi connectivity index (χ0n) is 14.4. The molecule has 1 fully saturated rings. The molecule has 0 atom stereocenters. The number of benzene rings is 2. The molecular formula is C18H20N4O3. The minimum atomic E-state index is -0.210. The Morgan fingerprint density at radius 2 is 1.92 bits per heavy atom. The average Bonchev–Trinajstić information content (AvgIpc) is 2.93. The Kier molecular flexibility index (Phi) is 4.69. The molecule has 1 aliphatic rings. The molecule has 1 saturated heterocycles. The van der Waals surface area contributed by atoms with Crippen LogP contribution in [0.5, 0.6) is 5.75 Å². The SMILES string of the molecule is Cc1cc(C=O)ccc1OCc1c(C)cccc1N1NNN(C)C1=O. The topological polar surface area (TPSA) is 73.9 Å². The number of hydrogen-bond acceptors (Lipinski definition) is 5. The van der Waals surface area contributed by atoms with E-state index in [2.05, 4.69) is 11.1 Å². The Balaban J connectivity index is 1.85. The van der Waals surface area contributed by atoms with Crippen LogP contribution in [0.25, 0.3) is 0 Å². The van der Waals surface area contributed by atoms with Crippen molar-refractivity contribution in [3.63, 3.8) is 0 Å². The molecule has 7 nitrogen and oxygen atoms in total. The van der Waals surface area contributed by atoms with Gasteiger partial charge in [-0.1, -0.05) is 12.1 Å². The van der Waals surface area contributed by atoms with Gasteiger partial charge in [-0.15, -0.1) is 11.1 Å². The molecule has 1 aliphatic heterocycles. The number of ether oxygens (including phenoxy) is 1. The van der Waals surface area contributed by atoms with Crippen molar-refractivity contribution in [2.24, 2.45) is 0 Å². The number of urea groups is 1. The quantitative estimate of drug-likeness (QED) is 0.818. The maximum Gasteiger partial charge on any atom is 0.355 e. The molecule has 2 aromatic rings. The standard InChI is InChI=1S/C18H20N4O3/c1-12-5-4-6-16(22-18(24)21(3)19-20-22)15(12)11-25-17-8-7-14(10-23)9-13(17)2/h4-10,19-20H,11H2,1-3H3. The van der Waals surface area contributed by atoms with Gasteiger partial charge in [-0.25, -0.2) is 14.8 Å². The first-order valence-corrected chi connectivity index (χ1v) is 7.87. The van der Waals surface area contributed by atoms with E-state index in [1.165, 1.54) is 10.0 Å². The molecular weight excluding hydrogens is 320 g/mol. The summed E-state index contributed by atoms with van der Waals surface area (Å²) in [6.45, 7) is 4.17. The highest BCUT2D eigenvalue weighted by molar-refractivity contribution is 5.92. The summed E-state index contributed by atoms with van der Waals surface area (Å²) in [7, 11) is 1.64. The number of aldehydes is 1. The van der Waals surface area contributed by atoms with Crippen molar-refractivity contribution in [1.82, 2.24) is 16.1 Å². The number of carbonyl (C=O) groups is 2. The van der Waals surface area contributed by atoms with E-state index in [0.717, 1.165) is 28.7 Å². The molecule has 7 heteroatoms. The van der Waals surface area contributed by atoms with Gasteiger partial charge in [0.15, 0.2) is 0 Å². The van der Waals surface area contributed by atoms with Crippen molar-refractivity contribution in [1.29, 1.82) is 0 Å². The first-order valence-electron chi connectivity index (χ1n) is 7.87. The minimum absolute atomic E-state index is 0.210. The van der Waals surface area contributed by atoms with Crippen molar-refractivity contribution >= 4 is 18.0 Å². The summed E-state index contributed by atoms with van der Waals surface area (Å²) in [6, 6.07) is 10.8. The van der Waals surface area contributed by atoms with Gasteiger partial charge in [-0.05, 0) is 49.2 Å². The first kappa shape index (κ1) is 16.9. The van der Waals surface area contributed by atoms with Gasteiger partial charge in [0.05, 0.1) is 5.69 Å². The van der Waals surface area contributed by atoms with E-state index in [-0.39, 0.29) is 6.03 Å². The molecule has 2 amide bonds. The molecule has 2 N–H and O–H groups in total. The number of carbonyl (C=O) groups excluding carboxylic acids is 2. The van der Waals surface area contributed by atoms with Crippen LogP contribution in [-0.2, 0) is 6.61 Å². The smallest absolute Gasteiger partial charge is 0.355 e. The molecule has 25 heavy (non-hydrogen) atoms. The highest BCUT2D eigenvalue weighted by Crippen LogP contribution is 2.27. The second-order valence-corrected chi connectivity index (χ2v) is 5.90. The van der Waals surface area contributed by atoms with Crippen LogP contribution >= 0.6 is 0 Å². The molecule has 130 valence electrons. The Hall–Kier alpha value is -2.90. The van der Waals surface area contributed by atoms with Crippen LogP contribution in [0.15, 0.2) is 36.4 Å². The van der Waals surface area contributed by atoms with E-state index in [1.807, 2.05) is 32.0 Å². The number of hydrazine groups is 3. The molecule has 0 saturated carbocycles. The summed E-state index contributed by atoms with van der Waals surface area (Å²) in [5.41, 5.74) is 9.72. The van der Waals surface area contributed by atoms with Crippen LogP contribution in [0.3, 0.4) is 0 Å². The van der Waals surface area contributed by atoms with Gasteiger partial charge in [-0.3, -0.25) is 4.79 Å². The number of hydrogen-bond donors (Lipinski definition) is 2. The summed E-state index contributed by atoms with van der Waals surface area (Å²) >= 11 is 0. The van der Waals surface area contributed by atoms with Crippen LogP contribution in [-0.4, -0.2) is 24.4 Å². The van der Waals surface area contributed by atoms with Crippen LogP contribution < -0.4 is 20.8 Å². The van der Waals surface area contributed by atoms with E-state index in [9.17, 15) is 9.59 Å². The first-order chi connectivity index (χ1) is 12.0. The van der Waals surface area contributed by atoms with Crippen LogP contribution in [0.2, 0.25) is 0 Å². The fourth-order valence-corrected chi connectivity index (χ4v) is 2.68. The molecule has 3 rings (SSSR count). The molecule has 0 unspecified atom stereocenters. The highest BCUT2D eigenvalue weighted by Gasteiger charge is 2.28. The van der Waals surface area contributed by atoms with Crippen LogP contribution in [0, 0.1) is 13.8 Å². The predicted octanol–water partition coefficient (Wildman–Crippen LogP) is 2.49. The number of amides is 2. The van der Waals surface area contributed by atoms with Crippen molar-refractivity contribution < 1.29 is 14.3 Å². The summed E-state index contributed by atoms with van der Waals surface area (Å²) < 4.78 is 5.95. The fourth-order valence-electron chi connectivity index (χ4n) is 2.68. The van der Waals surface area contributed by atoms with Gasteiger partial charge in [0, 0.05) is 18.2 Å². The average molecular weight is 340 g/mol. The zero-order valence-corrected chi connectivity index (χ0v) is 14.4. The third-order valence-corrected chi connectivity index (χ3v) is 4.14. The zero-order chi connectivity index (χ0) is 18.0. The van der Waals surface area contributed by atoms with Gasteiger partial charge < -0.3 is 4.74 Å². The second-order valence-electron chi connectivity index (χ2n) is 5.90. The van der Waals surface area contributed by atoms with Gasteiger partial charge >= 0.3 is 6.03 Å². The van der Waals surface area contributed by atoms with Crippen molar-refractivity contribution in [3.05, 3.63) is 58.7 Å². The minimum Gasteiger partial charge on any atom is -0.489 e. The number of anilines is 1. The monoisotopic (exact) mass is 340 g/mol. The lowest BCUT2D eigenvalue weighted by molar-refractivity contribution is 0.112. The maximum absolute atomic E-state index is 12.2. The normalized spacial score (nSPS) is 14.1. The molecule has 0 aromatic heterocycles. The number of nitrogens with one attached hydrogen (secondary N) is 2. The van der Waals surface area contributed by atoms with E-state index in [0.29, 0.717) is 17.9 Å². The third-order valence-electron chi connectivity index (χ3n) is 4.14. The van der Waals surface area contributed by atoms with E-state index in [1.54, 1.807) is 25.2 Å². The Labute approximate surface area is 146 Å². The Morgan fingerprint density at radius 3 is 2.56 bits per heavy atom. The summed E-state index contributed by atoms with van der Waals surface area (Å²) in [6.07, 6.45) is 0.810. The number of rotatable bonds is 5. The van der Waals surface area contributed by atoms with Crippen molar-refractivity contribution in [3.8, 4) is 5.75 Å². The van der Waals surface area contributed by atoms with Crippen LogP contribution in [0.4, 0.5) is 10.5 Å². The largest absolute Gasteiger partial charge is 0.489 e. The second kappa shape index (κ2) is 6.92. The lowest BCUT2D eigenvalue weighted by Crippen LogP contribution is -2.38. The van der Waals surface area contributed by atoms with Gasteiger partial charge in [0.25, 0.3) is 0 Å². The predicted molar refractivity (Wildman–Crippen MR) is 94.0 cm³/mol. The molecule has 0 radical (unpaired) electrons. The van der Waals surface area contributed by atoms with E-state index in [4.69, 9.17) is 4.74 Å². The van der Waals surface area contributed by atoms with Gasteiger partial charge in [-0.2, -0.15) is 0 Å². The molecule has 0 aliphatic carbocycles. The molecule has 1 heterocycles. The van der Waals surface area contributed by atoms with E-state index >= 15 is 0 Å². The number of aryl methyl sites for hydroxylation is 2. The third kappa shape index (κ3) is 3.33. The summed E-state index contributed by atoms with van der Waals surface area (Å²) in [5, 5.41) is 2.79. The molecule has 0 bridgehead atoms. The highest BCUT2D eigenvalue weighted by atomic mass is 16.5. The number of nitrogens with zero attached hydrogens (tertiary/aromatic N) is 2. The summed E-state index contributed by atoms with van der Waals surface area (Å²) in [5.74, 6) is 0.704. The Bertz CT molecular complexity index is 822. The van der Waals surface area contributed by atoms with Gasteiger partial charge in [0.2, 0.25) is 0 Å². The fraction of sp³-hybridized carbons (Fsp3) is 0.222. The van der Waals surface area contributed by atoms with Crippen LogP contribution in [0.1, 0.15) is 27.0 Å².